The van der Waals surface area contributed by atoms with Gasteiger partial charge in [-0.1, -0.05) is 18.2 Å². The van der Waals surface area contributed by atoms with Gasteiger partial charge in [0.05, 0.1) is 0 Å². The SMILES string of the molecule is CC(=O)Nc1cccc(C(=O)NCCc2ccc(O)cc2)c1. The van der Waals surface area contributed by atoms with Crippen molar-refractivity contribution in [2.75, 3.05) is 11.9 Å². The standard InChI is InChI=1S/C17H18N2O3/c1-12(20)19-15-4-2-3-14(11-15)17(22)18-10-9-13-5-7-16(21)8-6-13/h2-8,11,21H,9-10H2,1H3,(H,18,22)(H,19,20). The van der Waals surface area contributed by atoms with Crippen LogP contribution in [0.1, 0.15) is 22.8 Å². The molecule has 0 bridgehead atoms. The van der Waals surface area contributed by atoms with Gasteiger partial charge in [-0.3, -0.25) is 9.59 Å². The number of carbonyl (C=O) groups excluding carboxylic acids is 2. The van der Waals surface area contributed by atoms with E-state index < -0.39 is 0 Å². The summed E-state index contributed by atoms with van der Waals surface area (Å²) in [6.07, 6.45) is 0.678. The lowest BCUT2D eigenvalue weighted by molar-refractivity contribution is -0.114. The Hall–Kier alpha value is -2.82. The van der Waals surface area contributed by atoms with Gasteiger partial charge in [-0.25, -0.2) is 0 Å². The van der Waals surface area contributed by atoms with Crippen molar-refractivity contribution in [1.82, 2.24) is 5.32 Å². The van der Waals surface area contributed by atoms with Crippen LogP contribution in [0.25, 0.3) is 0 Å². The number of anilines is 1. The Morgan fingerprint density at radius 2 is 1.82 bits per heavy atom. The van der Waals surface area contributed by atoms with E-state index in [1.54, 1.807) is 36.4 Å². The van der Waals surface area contributed by atoms with Gasteiger partial charge < -0.3 is 15.7 Å². The zero-order chi connectivity index (χ0) is 15.9. The van der Waals surface area contributed by atoms with Gasteiger partial charge in [-0.05, 0) is 42.3 Å². The molecule has 0 fully saturated rings. The number of benzene rings is 2. The van der Waals surface area contributed by atoms with E-state index in [2.05, 4.69) is 10.6 Å². The third kappa shape index (κ3) is 4.63. The van der Waals surface area contributed by atoms with E-state index in [1.807, 2.05) is 12.1 Å². The molecule has 114 valence electrons. The Bertz CT molecular complexity index is 666. The first-order valence-electron chi connectivity index (χ1n) is 6.98. The molecular formula is C17H18N2O3. The van der Waals surface area contributed by atoms with Crippen LogP contribution in [0.3, 0.4) is 0 Å². The summed E-state index contributed by atoms with van der Waals surface area (Å²) in [5.41, 5.74) is 2.13. The molecule has 0 aliphatic carbocycles. The molecule has 3 N–H and O–H groups in total. The molecule has 0 aromatic heterocycles. The third-order valence-corrected chi connectivity index (χ3v) is 3.08. The maximum absolute atomic E-state index is 12.1. The van der Waals surface area contributed by atoms with Crippen molar-refractivity contribution in [3.8, 4) is 5.75 Å². The van der Waals surface area contributed by atoms with Crippen molar-refractivity contribution in [3.63, 3.8) is 0 Å². The van der Waals surface area contributed by atoms with Crippen LogP contribution in [0.4, 0.5) is 5.69 Å². The number of amides is 2. The summed E-state index contributed by atoms with van der Waals surface area (Å²) in [6.45, 7) is 1.92. The quantitative estimate of drug-likeness (QED) is 0.792. The van der Waals surface area contributed by atoms with E-state index in [-0.39, 0.29) is 17.6 Å². The molecule has 2 aromatic rings. The highest BCUT2D eigenvalue weighted by molar-refractivity contribution is 5.96. The molecular weight excluding hydrogens is 280 g/mol. The molecule has 0 aliphatic heterocycles. The maximum Gasteiger partial charge on any atom is 0.251 e. The number of carbonyl (C=O) groups is 2. The first-order chi connectivity index (χ1) is 10.5. The Labute approximate surface area is 129 Å². The normalized spacial score (nSPS) is 10.0. The van der Waals surface area contributed by atoms with Crippen molar-refractivity contribution in [2.45, 2.75) is 13.3 Å². The van der Waals surface area contributed by atoms with E-state index in [4.69, 9.17) is 0 Å². The number of phenols is 1. The van der Waals surface area contributed by atoms with Gasteiger partial charge in [0.25, 0.3) is 5.91 Å². The molecule has 0 spiro atoms. The van der Waals surface area contributed by atoms with Gasteiger partial charge in [-0.2, -0.15) is 0 Å². The highest BCUT2D eigenvalue weighted by Crippen LogP contribution is 2.11. The van der Waals surface area contributed by atoms with Crippen molar-refractivity contribution >= 4 is 17.5 Å². The van der Waals surface area contributed by atoms with E-state index >= 15 is 0 Å². The number of hydrogen-bond donors (Lipinski definition) is 3. The fraction of sp³-hybridized carbons (Fsp3) is 0.176. The van der Waals surface area contributed by atoms with Crippen molar-refractivity contribution < 1.29 is 14.7 Å². The summed E-state index contributed by atoms with van der Waals surface area (Å²) in [7, 11) is 0. The molecule has 0 saturated heterocycles. The van der Waals surface area contributed by atoms with Crippen LogP contribution >= 0.6 is 0 Å². The first-order valence-corrected chi connectivity index (χ1v) is 6.98. The molecule has 0 atom stereocenters. The molecule has 0 saturated carbocycles. The summed E-state index contributed by atoms with van der Waals surface area (Å²) in [4.78, 5) is 23.1. The Morgan fingerprint density at radius 3 is 2.50 bits per heavy atom. The molecule has 2 aromatic carbocycles. The molecule has 2 amide bonds. The molecule has 2 rings (SSSR count). The lowest BCUT2D eigenvalue weighted by Gasteiger charge is -2.07. The Kier molecular flexibility index (Phi) is 5.14. The monoisotopic (exact) mass is 298 g/mol. The summed E-state index contributed by atoms with van der Waals surface area (Å²) >= 11 is 0. The minimum atomic E-state index is -0.189. The molecule has 0 heterocycles. The number of aromatic hydroxyl groups is 1. The van der Waals surface area contributed by atoms with E-state index in [0.717, 1.165) is 5.56 Å². The predicted molar refractivity (Wildman–Crippen MR) is 84.9 cm³/mol. The first kappa shape index (κ1) is 15.6. The highest BCUT2D eigenvalue weighted by atomic mass is 16.3. The van der Waals surface area contributed by atoms with Gasteiger partial charge in [0, 0.05) is 24.7 Å². The second-order valence-corrected chi connectivity index (χ2v) is 4.93. The molecule has 5 nitrogen and oxygen atoms in total. The van der Waals surface area contributed by atoms with Crippen LogP contribution in [-0.4, -0.2) is 23.5 Å². The summed E-state index contributed by atoms with van der Waals surface area (Å²) in [6, 6.07) is 13.7. The van der Waals surface area contributed by atoms with Crippen molar-refractivity contribution in [3.05, 3.63) is 59.7 Å². The maximum atomic E-state index is 12.1. The van der Waals surface area contributed by atoms with Crippen molar-refractivity contribution in [1.29, 1.82) is 0 Å². The van der Waals surface area contributed by atoms with Crippen LogP contribution in [0.15, 0.2) is 48.5 Å². The predicted octanol–water partition coefficient (Wildman–Crippen LogP) is 2.32. The second-order valence-electron chi connectivity index (χ2n) is 4.93. The molecule has 22 heavy (non-hydrogen) atoms. The fourth-order valence-electron chi connectivity index (χ4n) is 2.03. The topological polar surface area (TPSA) is 78.4 Å². The lowest BCUT2D eigenvalue weighted by atomic mass is 10.1. The molecule has 5 heteroatoms. The number of hydrogen-bond acceptors (Lipinski definition) is 3. The highest BCUT2D eigenvalue weighted by Gasteiger charge is 2.06. The average Bonchev–Trinajstić information content (AvgIpc) is 2.49. The number of nitrogens with one attached hydrogen (secondary N) is 2. The minimum absolute atomic E-state index is 0.176. The van der Waals surface area contributed by atoms with E-state index in [1.165, 1.54) is 6.92 Å². The second kappa shape index (κ2) is 7.26. The average molecular weight is 298 g/mol. The minimum Gasteiger partial charge on any atom is -0.508 e. The summed E-state index contributed by atoms with van der Waals surface area (Å²) in [5.74, 6) is -0.140. The van der Waals surface area contributed by atoms with E-state index in [0.29, 0.717) is 24.2 Å². The van der Waals surface area contributed by atoms with Crippen molar-refractivity contribution in [2.24, 2.45) is 0 Å². The molecule has 0 unspecified atom stereocenters. The molecule has 0 aliphatic rings. The summed E-state index contributed by atoms with van der Waals surface area (Å²) < 4.78 is 0. The fourth-order valence-corrected chi connectivity index (χ4v) is 2.03. The number of phenolic OH excluding ortho intramolecular Hbond substituents is 1. The van der Waals surface area contributed by atoms with Crippen LogP contribution in [0, 0.1) is 0 Å². The Balaban J connectivity index is 1.89. The number of rotatable bonds is 5. The van der Waals surface area contributed by atoms with E-state index in [9.17, 15) is 14.7 Å². The molecule has 0 radical (unpaired) electrons. The van der Waals surface area contributed by atoms with Gasteiger partial charge in [0.15, 0.2) is 0 Å². The zero-order valence-corrected chi connectivity index (χ0v) is 12.3. The summed E-state index contributed by atoms with van der Waals surface area (Å²) in [5, 5.41) is 14.7. The smallest absolute Gasteiger partial charge is 0.251 e. The van der Waals surface area contributed by atoms with Gasteiger partial charge in [-0.15, -0.1) is 0 Å². The van der Waals surface area contributed by atoms with Gasteiger partial charge >= 0.3 is 0 Å². The van der Waals surface area contributed by atoms with Crippen LogP contribution < -0.4 is 10.6 Å². The Morgan fingerprint density at radius 1 is 1.09 bits per heavy atom. The largest absolute Gasteiger partial charge is 0.508 e. The van der Waals surface area contributed by atoms with Crippen LogP contribution in [-0.2, 0) is 11.2 Å². The van der Waals surface area contributed by atoms with Crippen LogP contribution in [0.5, 0.6) is 5.75 Å². The lowest BCUT2D eigenvalue weighted by Crippen LogP contribution is -2.25. The third-order valence-electron chi connectivity index (χ3n) is 3.08. The van der Waals surface area contributed by atoms with Gasteiger partial charge in [0.2, 0.25) is 5.91 Å². The zero-order valence-electron chi connectivity index (χ0n) is 12.3. The van der Waals surface area contributed by atoms with Crippen LogP contribution in [0.2, 0.25) is 0 Å². The van der Waals surface area contributed by atoms with Gasteiger partial charge in [0.1, 0.15) is 5.75 Å².